The molecular weight excluding hydrogens is 273 g/mol. The van der Waals surface area contributed by atoms with Crippen molar-refractivity contribution in [1.82, 2.24) is 0 Å². The van der Waals surface area contributed by atoms with E-state index in [-0.39, 0.29) is 10.8 Å². The van der Waals surface area contributed by atoms with Crippen LogP contribution in [0.1, 0.15) is 52.7 Å². The fourth-order valence-electron chi connectivity index (χ4n) is 1.88. The molecule has 1 aliphatic heterocycles. The third-order valence-corrected chi connectivity index (χ3v) is 4.26. The van der Waals surface area contributed by atoms with Gasteiger partial charge in [0.15, 0.2) is 0 Å². The van der Waals surface area contributed by atoms with E-state index in [1.165, 1.54) is 11.1 Å². The van der Waals surface area contributed by atoms with E-state index in [0.29, 0.717) is 0 Å². The van der Waals surface area contributed by atoms with Crippen molar-refractivity contribution in [2.24, 2.45) is 0 Å². The van der Waals surface area contributed by atoms with Gasteiger partial charge in [0.1, 0.15) is 0 Å². The number of hydrogen-bond acceptors (Lipinski definition) is 2. The zero-order valence-electron chi connectivity index (χ0n) is 11.5. The van der Waals surface area contributed by atoms with Gasteiger partial charge < -0.3 is 0 Å². The molecule has 1 aromatic rings. The summed E-state index contributed by atoms with van der Waals surface area (Å²) in [6.07, 6.45) is 0. The normalized spacial score (nSPS) is 15.2. The van der Waals surface area contributed by atoms with Gasteiger partial charge in [-0.05, 0) is 0 Å². The van der Waals surface area contributed by atoms with Gasteiger partial charge in [0.2, 0.25) is 0 Å². The van der Waals surface area contributed by atoms with Gasteiger partial charge in [0.05, 0.1) is 0 Å². The van der Waals surface area contributed by atoms with E-state index in [1.54, 1.807) is 0 Å². The van der Waals surface area contributed by atoms with Gasteiger partial charge in [-0.3, -0.25) is 0 Å². The van der Waals surface area contributed by atoms with Crippen molar-refractivity contribution in [3.05, 3.63) is 23.3 Å². The van der Waals surface area contributed by atoms with E-state index in [9.17, 15) is 0 Å². The second kappa shape index (κ2) is 3.94. The van der Waals surface area contributed by atoms with Crippen molar-refractivity contribution in [3.63, 3.8) is 0 Å². The quantitative estimate of drug-likeness (QED) is 0.681. The van der Waals surface area contributed by atoms with Crippen LogP contribution >= 0.6 is 0 Å². The maximum absolute atomic E-state index is 5.73. The summed E-state index contributed by atoms with van der Waals surface area (Å²) in [4.78, 5) is 0. The van der Waals surface area contributed by atoms with E-state index in [2.05, 4.69) is 53.7 Å². The van der Waals surface area contributed by atoms with Crippen LogP contribution < -0.4 is 7.53 Å². The van der Waals surface area contributed by atoms with Crippen molar-refractivity contribution < 1.29 is 7.53 Å². The summed E-state index contributed by atoms with van der Waals surface area (Å²) >= 11 is -0.730. The molecule has 0 aromatic heterocycles. The van der Waals surface area contributed by atoms with Crippen LogP contribution in [0.4, 0.5) is 0 Å². The predicted octanol–water partition coefficient (Wildman–Crippen LogP) is 3.59. The average molecular weight is 293 g/mol. The molecule has 1 aromatic carbocycles. The summed E-state index contributed by atoms with van der Waals surface area (Å²) in [5.74, 6) is 1.92. The first-order valence-electron chi connectivity index (χ1n) is 5.97. The Kier molecular flexibility index (Phi) is 2.97. The van der Waals surface area contributed by atoms with Gasteiger partial charge in [0.25, 0.3) is 0 Å². The molecular formula is C14H20GeO2. The van der Waals surface area contributed by atoms with Crippen LogP contribution in [-0.2, 0) is 10.8 Å². The molecule has 2 radical (unpaired) electrons. The molecule has 0 spiro atoms. The van der Waals surface area contributed by atoms with Crippen molar-refractivity contribution >= 4 is 16.1 Å². The SMILES string of the molecule is CC(C)(C)c1cc2c(c(C(C)(C)C)c1)[O][Ge][O]2. The summed E-state index contributed by atoms with van der Waals surface area (Å²) < 4.78 is 11.4. The van der Waals surface area contributed by atoms with E-state index < -0.39 is 16.1 Å². The first kappa shape index (κ1) is 12.8. The third-order valence-electron chi connectivity index (χ3n) is 3.02. The van der Waals surface area contributed by atoms with Gasteiger partial charge in [-0.25, -0.2) is 0 Å². The second-order valence-electron chi connectivity index (χ2n) is 6.64. The Labute approximate surface area is 111 Å². The Morgan fingerprint density at radius 1 is 0.882 bits per heavy atom. The minimum atomic E-state index is -0.730. The van der Waals surface area contributed by atoms with Crippen molar-refractivity contribution in [1.29, 1.82) is 0 Å². The maximum atomic E-state index is 5.73. The van der Waals surface area contributed by atoms with Crippen LogP contribution in [0.25, 0.3) is 0 Å². The molecule has 0 fully saturated rings. The van der Waals surface area contributed by atoms with Crippen LogP contribution in [0.15, 0.2) is 12.1 Å². The topological polar surface area (TPSA) is 18.5 Å². The zero-order valence-corrected chi connectivity index (χ0v) is 13.6. The van der Waals surface area contributed by atoms with Gasteiger partial charge in [0, 0.05) is 0 Å². The molecule has 1 heterocycles. The molecule has 0 saturated heterocycles. The number of hydrogen-bond donors (Lipinski definition) is 0. The Hall–Kier alpha value is -0.637. The number of rotatable bonds is 0. The predicted molar refractivity (Wildman–Crippen MR) is 70.9 cm³/mol. The van der Waals surface area contributed by atoms with E-state index >= 15 is 0 Å². The molecule has 92 valence electrons. The van der Waals surface area contributed by atoms with Gasteiger partial charge in [-0.1, -0.05) is 0 Å². The summed E-state index contributed by atoms with van der Waals surface area (Å²) in [7, 11) is 0. The average Bonchev–Trinajstić information content (AvgIpc) is 2.59. The molecule has 0 aliphatic carbocycles. The summed E-state index contributed by atoms with van der Waals surface area (Å²) in [6, 6.07) is 4.42. The molecule has 0 amide bonds. The van der Waals surface area contributed by atoms with Crippen LogP contribution in [0.2, 0.25) is 0 Å². The molecule has 0 bridgehead atoms. The third kappa shape index (κ3) is 2.46. The van der Waals surface area contributed by atoms with Crippen LogP contribution in [-0.4, -0.2) is 16.1 Å². The minimum absolute atomic E-state index is 0.0885. The molecule has 1 aliphatic rings. The standard InChI is InChI=1S/C14H20GeO2/c1-13(2,3)9-7-10(14(4,5)6)12-11(8-9)16-15-17-12/h7-8H,1-6H3. The summed E-state index contributed by atoms with van der Waals surface area (Å²) in [6.45, 7) is 13.3. The molecule has 0 N–H and O–H groups in total. The van der Waals surface area contributed by atoms with Crippen molar-refractivity contribution in [3.8, 4) is 11.5 Å². The number of benzene rings is 1. The van der Waals surface area contributed by atoms with Crippen LogP contribution in [0.5, 0.6) is 11.5 Å². The zero-order chi connectivity index (χ0) is 12.8. The van der Waals surface area contributed by atoms with Gasteiger partial charge in [-0.15, -0.1) is 0 Å². The van der Waals surface area contributed by atoms with E-state index in [0.717, 1.165) is 11.5 Å². The van der Waals surface area contributed by atoms with Crippen molar-refractivity contribution in [2.75, 3.05) is 0 Å². The van der Waals surface area contributed by atoms with Crippen LogP contribution in [0.3, 0.4) is 0 Å². The van der Waals surface area contributed by atoms with Gasteiger partial charge >= 0.3 is 111 Å². The molecule has 0 atom stereocenters. The van der Waals surface area contributed by atoms with Crippen molar-refractivity contribution in [2.45, 2.75) is 52.4 Å². The fourth-order valence-corrected chi connectivity index (χ4v) is 3.09. The molecule has 2 nitrogen and oxygen atoms in total. The first-order valence-corrected chi connectivity index (χ1v) is 7.68. The number of fused-ring (bicyclic) bond motifs is 1. The Balaban J connectivity index is 2.62. The molecule has 0 unspecified atom stereocenters. The summed E-state index contributed by atoms with van der Waals surface area (Å²) in [5.41, 5.74) is 2.81. The summed E-state index contributed by atoms with van der Waals surface area (Å²) in [5, 5.41) is 0. The molecule has 3 heteroatoms. The first-order chi connectivity index (χ1) is 7.69. The Bertz CT molecular complexity index is 439. The molecule has 0 saturated carbocycles. The Morgan fingerprint density at radius 3 is 2.06 bits per heavy atom. The van der Waals surface area contributed by atoms with E-state index in [1.807, 2.05) is 0 Å². The molecule has 2 rings (SSSR count). The fraction of sp³-hybridized carbons (Fsp3) is 0.571. The van der Waals surface area contributed by atoms with E-state index in [4.69, 9.17) is 7.53 Å². The monoisotopic (exact) mass is 294 g/mol. The van der Waals surface area contributed by atoms with Crippen LogP contribution in [0, 0.1) is 0 Å². The second-order valence-corrected chi connectivity index (χ2v) is 7.84. The Morgan fingerprint density at radius 2 is 1.53 bits per heavy atom. The molecule has 17 heavy (non-hydrogen) atoms. The van der Waals surface area contributed by atoms with Gasteiger partial charge in [-0.2, -0.15) is 0 Å².